The summed E-state index contributed by atoms with van der Waals surface area (Å²) < 4.78 is 26.6. The van der Waals surface area contributed by atoms with Gasteiger partial charge in [0.15, 0.2) is 0 Å². The van der Waals surface area contributed by atoms with Gasteiger partial charge in [-0.25, -0.2) is 27.9 Å². The molecule has 0 radical (unpaired) electrons. The molecule has 0 aliphatic carbocycles. The molecular weight excluding hydrogens is 414 g/mol. The highest BCUT2D eigenvalue weighted by molar-refractivity contribution is 7.90. The predicted octanol–water partition coefficient (Wildman–Crippen LogP) is 3.58. The van der Waals surface area contributed by atoms with Crippen molar-refractivity contribution in [2.75, 3.05) is 11.9 Å². The van der Waals surface area contributed by atoms with Crippen LogP contribution in [0.4, 0.5) is 16.3 Å². The van der Waals surface area contributed by atoms with Crippen molar-refractivity contribution < 1.29 is 13.2 Å². The fourth-order valence-corrected chi connectivity index (χ4v) is 3.48. The molecule has 0 bridgehead atoms. The molecular formula is C19H22ClN5O3S. The van der Waals surface area contributed by atoms with Gasteiger partial charge in [0.25, 0.3) is 10.0 Å². The van der Waals surface area contributed by atoms with Crippen LogP contribution in [0.15, 0.2) is 59.8 Å². The van der Waals surface area contributed by atoms with E-state index in [1.165, 1.54) is 18.5 Å². The van der Waals surface area contributed by atoms with Crippen molar-refractivity contribution in [2.24, 2.45) is 0 Å². The Balaban J connectivity index is 0.00000300. The van der Waals surface area contributed by atoms with Gasteiger partial charge >= 0.3 is 6.03 Å². The molecule has 1 aromatic heterocycles. The van der Waals surface area contributed by atoms with Crippen molar-refractivity contribution in [2.45, 2.75) is 24.7 Å². The Morgan fingerprint density at radius 3 is 2.48 bits per heavy atom. The first-order valence-electron chi connectivity index (χ1n) is 8.87. The molecule has 0 unspecified atom stereocenters. The number of nitrogens with one attached hydrogen (secondary N) is 3. The number of rotatable bonds is 7. The number of amides is 2. The summed E-state index contributed by atoms with van der Waals surface area (Å²) in [5.41, 5.74) is 1.47. The predicted molar refractivity (Wildman–Crippen MR) is 115 cm³/mol. The van der Waals surface area contributed by atoms with Gasteiger partial charge in [-0.3, -0.25) is 0 Å². The smallest absolute Gasteiger partial charge is 0.328 e. The van der Waals surface area contributed by atoms with E-state index in [1.807, 2.05) is 35.9 Å². The van der Waals surface area contributed by atoms with Gasteiger partial charge in [-0.15, -0.1) is 12.4 Å². The molecule has 3 rings (SSSR count). The van der Waals surface area contributed by atoms with Crippen LogP contribution in [0.2, 0.25) is 0 Å². The Labute approximate surface area is 175 Å². The number of sulfonamides is 1. The van der Waals surface area contributed by atoms with Crippen molar-refractivity contribution >= 4 is 50.9 Å². The molecule has 0 fully saturated rings. The normalized spacial score (nSPS) is 10.8. The zero-order valence-electron chi connectivity index (χ0n) is 15.8. The summed E-state index contributed by atoms with van der Waals surface area (Å²) in [6, 6.07) is 12.9. The first-order chi connectivity index (χ1) is 13.5. The number of carbonyl (C=O) groups is 1. The van der Waals surface area contributed by atoms with Crippen LogP contribution >= 0.6 is 12.4 Å². The lowest BCUT2D eigenvalue weighted by molar-refractivity contribution is 0.245. The highest BCUT2D eigenvalue weighted by atomic mass is 35.5. The molecule has 3 aromatic rings. The maximum absolute atomic E-state index is 12.3. The van der Waals surface area contributed by atoms with Crippen LogP contribution in [-0.2, 0) is 10.0 Å². The number of hydrogen-bond acceptors (Lipinski definition) is 6. The van der Waals surface area contributed by atoms with Crippen molar-refractivity contribution in [1.82, 2.24) is 20.0 Å². The number of anilines is 2. The van der Waals surface area contributed by atoms with Gasteiger partial charge in [0.05, 0.1) is 10.4 Å². The topological polar surface area (TPSA) is 113 Å². The highest BCUT2D eigenvalue weighted by Gasteiger charge is 2.17. The van der Waals surface area contributed by atoms with E-state index in [0.717, 1.165) is 23.7 Å². The number of hydrogen-bond donors (Lipinski definition) is 3. The number of benzene rings is 2. The van der Waals surface area contributed by atoms with E-state index in [9.17, 15) is 13.2 Å². The number of unbranched alkanes of at least 4 members (excludes halogenated alkanes) is 1. The van der Waals surface area contributed by atoms with E-state index in [4.69, 9.17) is 0 Å². The van der Waals surface area contributed by atoms with Crippen LogP contribution < -0.4 is 15.4 Å². The fraction of sp³-hybridized carbons (Fsp3) is 0.211. The molecule has 0 spiro atoms. The highest BCUT2D eigenvalue weighted by Crippen LogP contribution is 2.23. The zero-order valence-corrected chi connectivity index (χ0v) is 17.4. The van der Waals surface area contributed by atoms with Gasteiger partial charge in [-0.1, -0.05) is 25.5 Å². The Morgan fingerprint density at radius 2 is 1.76 bits per heavy atom. The Bertz CT molecular complexity index is 1070. The number of halogens is 1. The minimum Gasteiger partial charge on any atom is -0.340 e. The molecule has 10 heteroatoms. The first kappa shape index (κ1) is 22.4. The van der Waals surface area contributed by atoms with E-state index >= 15 is 0 Å². The average Bonchev–Trinajstić information content (AvgIpc) is 2.68. The second-order valence-electron chi connectivity index (χ2n) is 6.10. The summed E-state index contributed by atoms with van der Waals surface area (Å²) in [7, 11) is -3.94. The van der Waals surface area contributed by atoms with Crippen molar-refractivity contribution in [3.8, 4) is 0 Å². The lowest BCUT2D eigenvalue weighted by Gasteiger charge is -2.10. The molecule has 0 saturated carbocycles. The summed E-state index contributed by atoms with van der Waals surface area (Å²) in [6.07, 6.45) is 3.15. The Kier molecular flexibility index (Phi) is 7.74. The molecule has 0 aliphatic heterocycles. The average molecular weight is 436 g/mol. The summed E-state index contributed by atoms with van der Waals surface area (Å²) >= 11 is 0. The number of nitrogens with zero attached hydrogens (tertiary/aromatic N) is 2. The van der Waals surface area contributed by atoms with E-state index in [-0.39, 0.29) is 17.3 Å². The Hall–Kier alpha value is -2.91. The van der Waals surface area contributed by atoms with E-state index < -0.39 is 16.1 Å². The van der Waals surface area contributed by atoms with Crippen LogP contribution in [0.5, 0.6) is 0 Å². The second-order valence-corrected chi connectivity index (χ2v) is 7.79. The third kappa shape index (κ3) is 5.78. The quantitative estimate of drug-likeness (QED) is 0.489. The molecule has 29 heavy (non-hydrogen) atoms. The number of carbonyl (C=O) groups excluding carboxylic acids is 1. The monoisotopic (exact) mass is 435 g/mol. The second kappa shape index (κ2) is 10.0. The maximum atomic E-state index is 12.3. The summed E-state index contributed by atoms with van der Waals surface area (Å²) in [6.45, 7) is 2.41. The van der Waals surface area contributed by atoms with Crippen LogP contribution in [0.3, 0.4) is 0 Å². The number of para-hydroxylation sites is 1. The standard InChI is InChI=1S/C19H21N5O3S.ClH/c1-2-3-12-20-19(25)24-28(26,27)15-10-8-14(9-11-15)23-18-16-6-4-5-7-17(16)21-13-22-18;/h4-11,13H,2-3,12H2,1H3,(H2,20,24,25)(H,21,22,23);1H. The minimum absolute atomic E-state index is 0. The van der Waals surface area contributed by atoms with Crippen LogP contribution in [0.25, 0.3) is 10.9 Å². The number of fused-ring (bicyclic) bond motifs is 1. The molecule has 0 atom stereocenters. The van der Waals surface area contributed by atoms with Gasteiger partial charge in [0.2, 0.25) is 0 Å². The van der Waals surface area contributed by atoms with E-state index in [2.05, 4.69) is 20.6 Å². The molecule has 0 aliphatic rings. The summed E-state index contributed by atoms with van der Waals surface area (Å²) in [5, 5.41) is 6.52. The van der Waals surface area contributed by atoms with Crippen LogP contribution in [0.1, 0.15) is 19.8 Å². The molecule has 0 saturated heterocycles. The molecule has 154 valence electrons. The van der Waals surface area contributed by atoms with Gasteiger partial charge in [0, 0.05) is 17.6 Å². The minimum atomic E-state index is -3.94. The summed E-state index contributed by atoms with van der Waals surface area (Å²) in [4.78, 5) is 20.2. The fourth-order valence-electron chi connectivity index (χ4n) is 2.55. The lowest BCUT2D eigenvalue weighted by atomic mass is 10.2. The molecule has 3 N–H and O–H groups in total. The van der Waals surface area contributed by atoms with Crippen molar-refractivity contribution in [1.29, 1.82) is 0 Å². The van der Waals surface area contributed by atoms with Gasteiger partial charge in [-0.05, 0) is 42.8 Å². The number of aromatic nitrogens is 2. The zero-order chi connectivity index (χ0) is 20.0. The SMILES string of the molecule is CCCCNC(=O)NS(=O)(=O)c1ccc(Nc2ncnc3ccccc23)cc1.Cl. The third-order valence-electron chi connectivity index (χ3n) is 4.01. The molecule has 2 aromatic carbocycles. The lowest BCUT2D eigenvalue weighted by Crippen LogP contribution is -2.39. The van der Waals surface area contributed by atoms with Crippen LogP contribution in [-0.4, -0.2) is 31.0 Å². The first-order valence-corrected chi connectivity index (χ1v) is 10.4. The molecule has 2 amide bonds. The molecule has 1 heterocycles. The summed E-state index contributed by atoms with van der Waals surface area (Å²) in [5.74, 6) is 0.620. The van der Waals surface area contributed by atoms with Gasteiger partial charge < -0.3 is 10.6 Å². The molecule has 8 nitrogen and oxygen atoms in total. The number of urea groups is 1. The van der Waals surface area contributed by atoms with E-state index in [1.54, 1.807) is 12.1 Å². The Morgan fingerprint density at radius 1 is 1.03 bits per heavy atom. The van der Waals surface area contributed by atoms with Gasteiger partial charge in [0.1, 0.15) is 12.1 Å². The van der Waals surface area contributed by atoms with Crippen molar-refractivity contribution in [3.05, 3.63) is 54.9 Å². The van der Waals surface area contributed by atoms with Gasteiger partial charge in [-0.2, -0.15) is 0 Å². The maximum Gasteiger partial charge on any atom is 0.328 e. The third-order valence-corrected chi connectivity index (χ3v) is 5.36. The largest absolute Gasteiger partial charge is 0.340 e. The van der Waals surface area contributed by atoms with Crippen molar-refractivity contribution in [3.63, 3.8) is 0 Å². The van der Waals surface area contributed by atoms with E-state index in [0.29, 0.717) is 18.1 Å². The van der Waals surface area contributed by atoms with Crippen LogP contribution in [0, 0.1) is 0 Å².